The molecule has 0 saturated carbocycles. The van der Waals surface area contributed by atoms with E-state index >= 15 is 0 Å². The van der Waals surface area contributed by atoms with E-state index in [9.17, 15) is 9.90 Å². The van der Waals surface area contributed by atoms with Gasteiger partial charge in [0.1, 0.15) is 17.6 Å². The number of aromatic carboxylic acids is 1. The number of hydrogen-bond donors (Lipinski definition) is 2. The summed E-state index contributed by atoms with van der Waals surface area (Å²) in [5.74, 6) is 0.649. The minimum Gasteiger partial charge on any atom is -0.478 e. The van der Waals surface area contributed by atoms with Gasteiger partial charge in [0.25, 0.3) is 0 Å². The van der Waals surface area contributed by atoms with Crippen LogP contribution < -0.4 is 5.32 Å². The highest BCUT2D eigenvalue weighted by Gasteiger charge is 2.41. The quantitative estimate of drug-likeness (QED) is 0.560. The molecule has 0 aliphatic carbocycles. The fourth-order valence-electron chi connectivity index (χ4n) is 3.85. The van der Waals surface area contributed by atoms with E-state index in [1.165, 1.54) is 0 Å². The second-order valence-corrected chi connectivity index (χ2v) is 8.11. The molecule has 1 saturated heterocycles. The van der Waals surface area contributed by atoms with E-state index in [1.54, 1.807) is 30.5 Å². The Kier molecular flexibility index (Phi) is 5.55. The zero-order valence-electron chi connectivity index (χ0n) is 16.8. The van der Waals surface area contributed by atoms with Crippen LogP contribution in [0.1, 0.15) is 47.7 Å². The van der Waals surface area contributed by atoms with Gasteiger partial charge in [-0.2, -0.15) is 0 Å². The zero-order valence-corrected chi connectivity index (χ0v) is 17.6. The molecule has 0 amide bonds. The van der Waals surface area contributed by atoms with Gasteiger partial charge >= 0.3 is 5.97 Å². The number of rotatable bonds is 6. The average Bonchev–Trinajstić information content (AvgIpc) is 3.33. The molecule has 4 rings (SSSR count). The Bertz CT molecular complexity index is 1060. The highest BCUT2D eigenvalue weighted by molar-refractivity contribution is 7.80. The van der Waals surface area contributed by atoms with Crippen molar-refractivity contribution in [2.75, 3.05) is 6.54 Å². The van der Waals surface area contributed by atoms with Gasteiger partial charge in [-0.3, -0.25) is 4.98 Å². The summed E-state index contributed by atoms with van der Waals surface area (Å²) in [6, 6.07) is 16.0. The number of furan rings is 1. The van der Waals surface area contributed by atoms with Gasteiger partial charge in [-0.1, -0.05) is 38.1 Å². The van der Waals surface area contributed by atoms with Gasteiger partial charge < -0.3 is 19.7 Å². The summed E-state index contributed by atoms with van der Waals surface area (Å²) in [6.45, 7) is 5.05. The van der Waals surface area contributed by atoms with Crippen molar-refractivity contribution in [1.82, 2.24) is 15.2 Å². The molecule has 2 aromatic heterocycles. The highest BCUT2D eigenvalue weighted by Crippen LogP contribution is 2.41. The summed E-state index contributed by atoms with van der Waals surface area (Å²) < 4.78 is 6.22. The number of carbonyl (C=O) groups is 1. The van der Waals surface area contributed by atoms with Gasteiger partial charge in [-0.05, 0) is 48.5 Å². The lowest BCUT2D eigenvalue weighted by atomic mass is 10.0. The van der Waals surface area contributed by atoms with Gasteiger partial charge in [-0.15, -0.1) is 0 Å². The fraction of sp³-hybridized carbons (Fsp3) is 0.261. The van der Waals surface area contributed by atoms with Crippen LogP contribution in [0.5, 0.6) is 0 Å². The molecule has 2 atom stereocenters. The van der Waals surface area contributed by atoms with Crippen LogP contribution in [0.2, 0.25) is 0 Å². The largest absolute Gasteiger partial charge is 0.478 e. The predicted octanol–water partition coefficient (Wildman–Crippen LogP) is 4.67. The summed E-state index contributed by atoms with van der Waals surface area (Å²) in [5.41, 5.74) is 1.63. The Balaban J connectivity index is 1.76. The van der Waals surface area contributed by atoms with Crippen molar-refractivity contribution in [3.63, 3.8) is 0 Å². The second kappa shape index (κ2) is 8.28. The van der Waals surface area contributed by atoms with E-state index in [0.717, 1.165) is 12.2 Å². The molecule has 3 heterocycles. The topological polar surface area (TPSA) is 78.6 Å². The lowest BCUT2D eigenvalue weighted by Gasteiger charge is -2.27. The van der Waals surface area contributed by atoms with Crippen molar-refractivity contribution in [2.45, 2.75) is 25.9 Å². The number of thiocarbonyl (C=S) groups is 1. The van der Waals surface area contributed by atoms with E-state index in [4.69, 9.17) is 16.6 Å². The third kappa shape index (κ3) is 3.80. The van der Waals surface area contributed by atoms with Gasteiger partial charge in [0.15, 0.2) is 5.11 Å². The molecule has 1 aliphatic rings. The van der Waals surface area contributed by atoms with Gasteiger partial charge in [0, 0.05) is 18.3 Å². The normalized spacial score (nSPS) is 18.6. The number of benzene rings is 1. The van der Waals surface area contributed by atoms with Crippen LogP contribution >= 0.6 is 12.2 Å². The Labute approximate surface area is 180 Å². The number of carboxylic acids is 1. The number of nitrogens with one attached hydrogen (secondary N) is 1. The number of carboxylic acid groups (broad SMARTS) is 1. The second-order valence-electron chi connectivity index (χ2n) is 7.73. The maximum Gasteiger partial charge on any atom is 0.336 e. The lowest BCUT2D eigenvalue weighted by molar-refractivity contribution is 0.0697. The van der Waals surface area contributed by atoms with Crippen molar-refractivity contribution in [2.24, 2.45) is 5.92 Å². The zero-order chi connectivity index (χ0) is 21.3. The first-order chi connectivity index (χ1) is 14.5. The van der Waals surface area contributed by atoms with Crippen LogP contribution in [0.15, 0.2) is 65.2 Å². The fourth-order valence-corrected chi connectivity index (χ4v) is 4.16. The van der Waals surface area contributed by atoms with Crippen molar-refractivity contribution in [1.29, 1.82) is 0 Å². The number of nitrogens with zero attached hydrogens (tertiary/aromatic N) is 2. The summed E-state index contributed by atoms with van der Waals surface area (Å²) in [4.78, 5) is 18.3. The highest BCUT2D eigenvalue weighted by atomic mass is 32.1. The van der Waals surface area contributed by atoms with Crippen molar-refractivity contribution in [3.8, 4) is 11.3 Å². The molecule has 7 heteroatoms. The Morgan fingerprint density at radius 3 is 2.67 bits per heavy atom. The third-order valence-electron chi connectivity index (χ3n) is 5.10. The van der Waals surface area contributed by atoms with E-state index in [0.29, 0.717) is 28.1 Å². The number of pyridine rings is 1. The molecule has 30 heavy (non-hydrogen) atoms. The summed E-state index contributed by atoms with van der Waals surface area (Å²) in [5, 5.41) is 13.6. The van der Waals surface area contributed by atoms with Gasteiger partial charge in [0.2, 0.25) is 0 Å². The van der Waals surface area contributed by atoms with Crippen LogP contribution in [0.25, 0.3) is 11.3 Å². The van der Waals surface area contributed by atoms with E-state index in [1.807, 2.05) is 30.3 Å². The Hall–Kier alpha value is -3.19. The van der Waals surface area contributed by atoms with Crippen LogP contribution in [0.3, 0.4) is 0 Å². The molecule has 154 valence electrons. The number of aromatic nitrogens is 1. The minimum atomic E-state index is -0.986. The smallest absolute Gasteiger partial charge is 0.336 e. The molecular formula is C23H23N3O3S. The van der Waals surface area contributed by atoms with E-state index in [-0.39, 0.29) is 17.6 Å². The molecule has 1 aliphatic heterocycles. The maximum atomic E-state index is 11.6. The first-order valence-corrected chi connectivity index (χ1v) is 10.3. The standard InChI is InChI=1S/C23H23N3O3S/c1-14(2)13-26-21(20(25-23(26)30)17-9-5-6-12-24-17)19-11-10-18(29-19)15-7-3-4-8-16(15)22(27)28/h3-12,14,20-21H,13H2,1-2H3,(H,25,30)(H,27,28)/t20-,21+/m1/s1. The van der Waals surface area contributed by atoms with Crippen molar-refractivity contribution in [3.05, 3.63) is 77.8 Å². The Morgan fingerprint density at radius 2 is 1.97 bits per heavy atom. The van der Waals surface area contributed by atoms with Crippen LogP contribution in [0.4, 0.5) is 0 Å². The van der Waals surface area contributed by atoms with E-state index < -0.39 is 5.97 Å². The van der Waals surface area contributed by atoms with Crippen molar-refractivity contribution < 1.29 is 14.3 Å². The first kappa shape index (κ1) is 20.1. The SMILES string of the molecule is CC(C)CN1C(=S)N[C@H](c2ccccn2)[C@@H]1c1ccc(-c2ccccc2C(=O)O)o1. The minimum absolute atomic E-state index is 0.161. The van der Waals surface area contributed by atoms with Crippen molar-refractivity contribution >= 4 is 23.3 Å². The van der Waals surface area contributed by atoms with Gasteiger partial charge in [0.05, 0.1) is 17.3 Å². The molecule has 0 bridgehead atoms. The van der Waals surface area contributed by atoms with E-state index in [2.05, 4.69) is 29.0 Å². The predicted molar refractivity (Wildman–Crippen MR) is 118 cm³/mol. The first-order valence-electron chi connectivity index (χ1n) is 9.86. The van der Waals surface area contributed by atoms with Gasteiger partial charge in [-0.25, -0.2) is 4.79 Å². The molecule has 6 nitrogen and oxygen atoms in total. The Morgan fingerprint density at radius 1 is 1.20 bits per heavy atom. The molecule has 3 aromatic rings. The molecule has 0 radical (unpaired) electrons. The van der Waals surface area contributed by atoms with Crippen LogP contribution in [-0.2, 0) is 0 Å². The third-order valence-corrected chi connectivity index (χ3v) is 5.45. The molecule has 2 N–H and O–H groups in total. The molecule has 0 spiro atoms. The number of hydrogen-bond acceptors (Lipinski definition) is 4. The average molecular weight is 422 g/mol. The maximum absolute atomic E-state index is 11.6. The lowest BCUT2D eigenvalue weighted by Crippen LogP contribution is -2.32. The summed E-state index contributed by atoms with van der Waals surface area (Å²) >= 11 is 5.64. The molecule has 0 unspecified atom stereocenters. The molecular weight excluding hydrogens is 398 g/mol. The summed E-state index contributed by atoms with van der Waals surface area (Å²) in [6.07, 6.45) is 1.76. The van der Waals surface area contributed by atoms with Crippen LogP contribution in [0, 0.1) is 5.92 Å². The monoisotopic (exact) mass is 421 g/mol. The summed E-state index contributed by atoms with van der Waals surface area (Å²) in [7, 11) is 0. The molecule has 1 aromatic carbocycles. The van der Waals surface area contributed by atoms with Crippen LogP contribution in [-0.4, -0.2) is 32.6 Å². The molecule has 1 fully saturated rings.